The second kappa shape index (κ2) is 6.65. The zero-order chi connectivity index (χ0) is 18.2. The highest BCUT2D eigenvalue weighted by Crippen LogP contribution is 2.28. The van der Waals surface area contributed by atoms with Crippen molar-refractivity contribution in [1.82, 2.24) is 0 Å². The van der Waals surface area contributed by atoms with Crippen molar-refractivity contribution in [2.75, 3.05) is 16.2 Å². The summed E-state index contributed by atoms with van der Waals surface area (Å²) in [6, 6.07) is 8.44. The molecule has 0 unspecified atom stereocenters. The molecule has 2 aromatic rings. The Morgan fingerprint density at radius 1 is 1.20 bits per heavy atom. The molecule has 8 heteroatoms. The standard InChI is InChI=1S/C17H16ClFN2O3S/c1-11-4-5-12(18)9-16(11)25(23,24)20-13-6-7-15(14(19)10-13)21-8-2-3-17(21)22/h4-7,9-10,20H,2-3,8H2,1H3. The normalized spacial score (nSPS) is 14.8. The van der Waals surface area contributed by atoms with Gasteiger partial charge < -0.3 is 4.90 Å². The van der Waals surface area contributed by atoms with Crippen LogP contribution >= 0.6 is 11.6 Å². The fourth-order valence-corrected chi connectivity index (χ4v) is 4.32. The lowest BCUT2D eigenvalue weighted by molar-refractivity contribution is -0.117. The van der Waals surface area contributed by atoms with Gasteiger partial charge in [0, 0.05) is 24.1 Å². The first kappa shape index (κ1) is 17.7. The molecule has 132 valence electrons. The molecule has 0 aromatic heterocycles. The topological polar surface area (TPSA) is 66.5 Å². The maximum absolute atomic E-state index is 14.3. The van der Waals surface area contributed by atoms with Gasteiger partial charge in [-0.05, 0) is 43.2 Å². The fourth-order valence-electron chi connectivity index (χ4n) is 2.77. The third kappa shape index (κ3) is 3.62. The van der Waals surface area contributed by atoms with Crippen LogP contribution in [0.2, 0.25) is 5.02 Å². The number of nitrogens with one attached hydrogen (secondary N) is 1. The number of rotatable bonds is 4. The molecule has 5 nitrogen and oxygen atoms in total. The number of sulfonamides is 1. The quantitative estimate of drug-likeness (QED) is 0.876. The second-order valence-corrected chi connectivity index (χ2v) is 7.92. The molecule has 3 rings (SSSR count). The largest absolute Gasteiger partial charge is 0.310 e. The first-order chi connectivity index (χ1) is 11.8. The minimum Gasteiger partial charge on any atom is -0.310 e. The summed E-state index contributed by atoms with van der Waals surface area (Å²) in [5.41, 5.74) is 0.758. The van der Waals surface area contributed by atoms with Gasteiger partial charge in [-0.25, -0.2) is 12.8 Å². The van der Waals surface area contributed by atoms with E-state index in [1.54, 1.807) is 19.1 Å². The number of carbonyl (C=O) groups excluding carboxylic acids is 1. The van der Waals surface area contributed by atoms with Crippen LogP contribution in [0.4, 0.5) is 15.8 Å². The molecule has 1 heterocycles. The van der Waals surface area contributed by atoms with Gasteiger partial charge in [-0.15, -0.1) is 0 Å². The van der Waals surface area contributed by atoms with Crippen LogP contribution in [0.25, 0.3) is 0 Å². The number of aryl methyl sites for hydroxylation is 1. The summed E-state index contributed by atoms with van der Waals surface area (Å²) in [5, 5.41) is 0.292. The van der Waals surface area contributed by atoms with Crippen molar-refractivity contribution in [1.29, 1.82) is 0 Å². The molecule has 1 fully saturated rings. The molecular formula is C17H16ClFN2O3S. The highest BCUT2D eigenvalue weighted by molar-refractivity contribution is 7.92. The van der Waals surface area contributed by atoms with E-state index in [1.165, 1.54) is 23.1 Å². The van der Waals surface area contributed by atoms with Gasteiger partial charge in [-0.2, -0.15) is 0 Å². The molecule has 1 saturated heterocycles. The van der Waals surface area contributed by atoms with Crippen molar-refractivity contribution in [2.45, 2.75) is 24.7 Å². The van der Waals surface area contributed by atoms with E-state index in [1.807, 2.05) is 0 Å². The molecule has 1 N–H and O–H groups in total. The van der Waals surface area contributed by atoms with Gasteiger partial charge in [0.15, 0.2) is 0 Å². The van der Waals surface area contributed by atoms with Crippen molar-refractivity contribution in [3.05, 3.63) is 52.8 Å². The fraction of sp³-hybridized carbons (Fsp3) is 0.235. The number of hydrogen-bond donors (Lipinski definition) is 1. The Hall–Kier alpha value is -2.12. The first-order valence-electron chi connectivity index (χ1n) is 7.67. The van der Waals surface area contributed by atoms with E-state index in [9.17, 15) is 17.6 Å². The molecular weight excluding hydrogens is 367 g/mol. The summed E-state index contributed by atoms with van der Waals surface area (Å²) in [5.74, 6) is -0.792. The van der Waals surface area contributed by atoms with Crippen molar-refractivity contribution in [3.8, 4) is 0 Å². The van der Waals surface area contributed by atoms with E-state index in [-0.39, 0.29) is 22.2 Å². The Bertz CT molecular complexity index is 947. The van der Waals surface area contributed by atoms with Crippen molar-refractivity contribution in [3.63, 3.8) is 0 Å². The maximum Gasteiger partial charge on any atom is 0.262 e. The summed E-state index contributed by atoms with van der Waals surface area (Å²) >= 11 is 5.87. The number of hydrogen-bond acceptors (Lipinski definition) is 3. The van der Waals surface area contributed by atoms with E-state index >= 15 is 0 Å². The zero-order valence-corrected chi connectivity index (χ0v) is 15.0. The van der Waals surface area contributed by atoms with Crippen LogP contribution < -0.4 is 9.62 Å². The van der Waals surface area contributed by atoms with Gasteiger partial charge in [0.25, 0.3) is 10.0 Å². The number of nitrogens with zero attached hydrogens (tertiary/aromatic N) is 1. The maximum atomic E-state index is 14.3. The molecule has 2 aromatic carbocycles. The lowest BCUT2D eigenvalue weighted by atomic mass is 10.2. The SMILES string of the molecule is Cc1ccc(Cl)cc1S(=O)(=O)Nc1ccc(N2CCCC2=O)c(F)c1. The third-order valence-corrected chi connectivity index (χ3v) is 5.76. The minimum absolute atomic E-state index is 0.0270. The van der Waals surface area contributed by atoms with Crippen LogP contribution in [0.15, 0.2) is 41.3 Å². The molecule has 0 bridgehead atoms. The number of halogens is 2. The van der Waals surface area contributed by atoms with E-state index in [2.05, 4.69) is 4.72 Å². The van der Waals surface area contributed by atoms with Crippen LogP contribution in [-0.4, -0.2) is 20.9 Å². The van der Waals surface area contributed by atoms with Gasteiger partial charge in [0.05, 0.1) is 16.3 Å². The molecule has 1 aliphatic rings. The Balaban J connectivity index is 1.89. The van der Waals surface area contributed by atoms with E-state index in [4.69, 9.17) is 11.6 Å². The summed E-state index contributed by atoms with van der Waals surface area (Å²) < 4.78 is 41.7. The highest BCUT2D eigenvalue weighted by Gasteiger charge is 2.25. The molecule has 1 amide bonds. The number of carbonyl (C=O) groups is 1. The Kier molecular flexibility index (Phi) is 4.71. The molecule has 25 heavy (non-hydrogen) atoms. The predicted molar refractivity (Wildman–Crippen MR) is 95.0 cm³/mol. The summed E-state index contributed by atoms with van der Waals surface area (Å²) in [6.45, 7) is 2.11. The molecule has 0 atom stereocenters. The summed E-state index contributed by atoms with van der Waals surface area (Å²) in [4.78, 5) is 13.1. The molecule has 1 aliphatic heterocycles. The van der Waals surface area contributed by atoms with E-state index < -0.39 is 15.8 Å². The minimum atomic E-state index is -3.91. The van der Waals surface area contributed by atoms with E-state index in [0.717, 1.165) is 6.07 Å². The zero-order valence-electron chi connectivity index (χ0n) is 13.4. The monoisotopic (exact) mass is 382 g/mol. The Labute approximate surface area is 150 Å². The molecule has 0 saturated carbocycles. The van der Waals surface area contributed by atoms with Gasteiger partial charge >= 0.3 is 0 Å². The van der Waals surface area contributed by atoms with Gasteiger partial charge in [-0.3, -0.25) is 9.52 Å². The highest BCUT2D eigenvalue weighted by atomic mass is 35.5. The molecule has 0 spiro atoms. The number of anilines is 2. The third-order valence-electron chi connectivity index (χ3n) is 4.00. The van der Waals surface area contributed by atoms with Crippen molar-refractivity contribution < 1.29 is 17.6 Å². The van der Waals surface area contributed by atoms with Crippen molar-refractivity contribution in [2.24, 2.45) is 0 Å². The van der Waals surface area contributed by atoms with Crippen LogP contribution in [-0.2, 0) is 14.8 Å². The lowest BCUT2D eigenvalue weighted by Gasteiger charge is -2.17. The average Bonchev–Trinajstić information content (AvgIpc) is 2.95. The van der Waals surface area contributed by atoms with Gasteiger partial charge in [-0.1, -0.05) is 17.7 Å². The Morgan fingerprint density at radius 3 is 2.60 bits per heavy atom. The Morgan fingerprint density at radius 2 is 1.96 bits per heavy atom. The predicted octanol–water partition coefficient (Wildman–Crippen LogP) is 3.72. The average molecular weight is 383 g/mol. The van der Waals surface area contributed by atoms with Crippen LogP contribution in [0.3, 0.4) is 0 Å². The van der Waals surface area contributed by atoms with Gasteiger partial charge in [0.1, 0.15) is 5.82 Å². The molecule has 0 aliphatic carbocycles. The van der Waals surface area contributed by atoms with Crippen LogP contribution in [0.5, 0.6) is 0 Å². The first-order valence-corrected chi connectivity index (χ1v) is 9.53. The van der Waals surface area contributed by atoms with Gasteiger partial charge in [0.2, 0.25) is 5.91 Å². The lowest BCUT2D eigenvalue weighted by Crippen LogP contribution is -2.24. The van der Waals surface area contributed by atoms with Crippen LogP contribution in [0.1, 0.15) is 18.4 Å². The van der Waals surface area contributed by atoms with E-state index in [0.29, 0.717) is 30.0 Å². The molecule has 0 radical (unpaired) electrons. The second-order valence-electron chi connectivity index (χ2n) is 5.83. The summed E-state index contributed by atoms with van der Waals surface area (Å²) in [6.07, 6.45) is 1.07. The number of benzene rings is 2. The number of amides is 1. The summed E-state index contributed by atoms with van der Waals surface area (Å²) in [7, 11) is -3.91. The van der Waals surface area contributed by atoms with Crippen molar-refractivity contribution >= 4 is 38.9 Å². The smallest absolute Gasteiger partial charge is 0.262 e. The van der Waals surface area contributed by atoms with Crippen LogP contribution in [0, 0.1) is 12.7 Å².